The second kappa shape index (κ2) is 4.91. The Labute approximate surface area is 128 Å². The Bertz CT molecular complexity index is 679. The van der Waals surface area contributed by atoms with E-state index in [0.717, 1.165) is 17.4 Å². The van der Waals surface area contributed by atoms with Crippen molar-refractivity contribution in [1.29, 1.82) is 0 Å². The van der Waals surface area contributed by atoms with Gasteiger partial charge in [-0.1, -0.05) is 24.8 Å². The number of aliphatic imine (C=N–C) groups is 1. The minimum atomic E-state index is 0.0826. The molecule has 0 spiro atoms. The average molecular weight is 298 g/mol. The summed E-state index contributed by atoms with van der Waals surface area (Å²) < 4.78 is 0. The van der Waals surface area contributed by atoms with Gasteiger partial charge in [0.1, 0.15) is 6.04 Å². The lowest BCUT2D eigenvalue weighted by Gasteiger charge is -2.26. The molecule has 1 fully saturated rings. The first kappa shape index (κ1) is 13.0. The summed E-state index contributed by atoms with van der Waals surface area (Å²) in [5.74, 6) is 0. The molecule has 0 radical (unpaired) electrons. The third-order valence-corrected chi connectivity index (χ3v) is 5.16. The maximum Gasteiger partial charge on any atom is 0.160 e. The number of aryl methyl sites for hydroxylation is 1. The van der Waals surface area contributed by atoms with Crippen molar-refractivity contribution in [3.8, 4) is 0 Å². The Balaban J connectivity index is 1.77. The average Bonchev–Trinajstić information content (AvgIpc) is 3.13. The summed E-state index contributed by atoms with van der Waals surface area (Å²) in [4.78, 5) is 15.4. The predicted octanol–water partition coefficient (Wildman–Crippen LogP) is 3.31. The van der Waals surface area contributed by atoms with Crippen LogP contribution in [0.15, 0.2) is 41.5 Å². The van der Waals surface area contributed by atoms with Gasteiger partial charge >= 0.3 is 0 Å². The highest BCUT2D eigenvalue weighted by atomic mass is 32.2. The molecule has 0 bridgehead atoms. The highest BCUT2D eigenvalue weighted by Crippen LogP contribution is 2.47. The Kier molecular flexibility index (Phi) is 3.03. The van der Waals surface area contributed by atoms with Crippen LogP contribution in [0, 0.1) is 6.92 Å². The Hall–Kier alpha value is -1.75. The molecule has 4 nitrogen and oxygen atoms in total. The van der Waals surface area contributed by atoms with Crippen LogP contribution >= 0.6 is 11.8 Å². The van der Waals surface area contributed by atoms with Gasteiger partial charge in [0.2, 0.25) is 0 Å². The number of aromatic nitrogens is 2. The fourth-order valence-corrected chi connectivity index (χ4v) is 4.25. The topological polar surface area (TPSA) is 44.3 Å². The first-order valence-electron chi connectivity index (χ1n) is 7.30. The van der Waals surface area contributed by atoms with Gasteiger partial charge in [0, 0.05) is 29.4 Å². The van der Waals surface area contributed by atoms with E-state index in [-0.39, 0.29) is 12.1 Å². The van der Waals surface area contributed by atoms with Crippen molar-refractivity contribution in [3.63, 3.8) is 0 Å². The van der Waals surface area contributed by atoms with Crippen LogP contribution in [0.1, 0.15) is 36.1 Å². The van der Waals surface area contributed by atoms with E-state index in [4.69, 9.17) is 4.99 Å². The summed E-state index contributed by atoms with van der Waals surface area (Å²) in [6, 6.07) is 10.7. The van der Waals surface area contributed by atoms with E-state index < -0.39 is 0 Å². The highest BCUT2D eigenvalue weighted by Gasteiger charge is 2.43. The third-order valence-electron chi connectivity index (χ3n) is 4.05. The minimum absolute atomic E-state index is 0.0826. The van der Waals surface area contributed by atoms with E-state index in [2.05, 4.69) is 46.9 Å². The molecule has 2 aromatic rings. The van der Waals surface area contributed by atoms with Crippen molar-refractivity contribution in [2.24, 2.45) is 4.99 Å². The number of aromatic amines is 1. The summed E-state index contributed by atoms with van der Waals surface area (Å²) in [6.45, 7) is 5.41. The van der Waals surface area contributed by atoms with E-state index in [1.54, 1.807) is 0 Å². The zero-order chi connectivity index (χ0) is 14.4. The fraction of sp³-hybridized carbons (Fsp3) is 0.375. The summed E-state index contributed by atoms with van der Waals surface area (Å²) >= 11 is 1.87. The van der Waals surface area contributed by atoms with E-state index in [9.17, 15) is 0 Å². The number of hydrogen-bond donors (Lipinski definition) is 1. The fourth-order valence-electron chi connectivity index (χ4n) is 3.15. The summed E-state index contributed by atoms with van der Waals surface area (Å²) in [5.41, 5.74) is 3.47. The SMILES string of the molecule is Cc1ccc([C@@H]2[C@@H](c3ccccn3)N=C3S[C@@H](C)CN32)[nH]1. The van der Waals surface area contributed by atoms with Crippen LogP contribution < -0.4 is 0 Å². The van der Waals surface area contributed by atoms with Crippen molar-refractivity contribution < 1.29 is 0 Å². The van der Waals surface area contributed by atoms with Crippen LogP contribution in [-0.4, -0.2) is 31.8 Å². The maximum atomic E-state index is 4.96. The molecule has 4 heterocycles. The molecule has 2 aliphatic rings. The van der Waals surface area contributed by atoms with E-state index >= 15 is 0 Å². The quantitative estimate of drug-likeness (QED) is 0.925. The number of H-pyrrole nitrogens is 1. The maximum absolute atomic E-state index is 4.96. The molecule has 4 rings (SSSR count). The zero-order valence-corrected chi connectivity index (χ0v) is 13.0. The number of pyridine rings is 1. The first-order chi connectivity index (χ1) is 10.2. The number of thioether (sulfide) groups is 1. The van der Waals surface area contributed by atoms with Gasteiger partial charge < -0.3 is 9.88 Å². The molecule has 2 aromatic heterocycles. The van der Waals surface area contributed by atoms with Crippen LogP contribution in [0.3, 0.4) is 0 Å². The van der Waals surface area contributed by atoms with E-state index in [0.29, 0.717) is 5.25 Å². The van der Waals surface area contributed by atoms with Crippen molar-refractivity contribution in [2.75, 3.05) is 6.54 Å². The summed E-state index contributed by atoms with van der Waals surface area (Å²) in [7, 11) is 0. The van der Waals surface area contributed by atoms with Gasteiger partial charge in [-0.25, -0.2) is 0 Å². The number of rotatable bonds is 2. The van der Waals surface area contributed by atoms with Gasteiger partial charge in [0.15, 0.2) is 5.17 Å². The van der Waals surface area contributed by atoms with E-state index in [1.165, 1.54) is 11.4 Å². The zero-order valence-electron chi connectivity index (χ0n) is 12.2. The number of hydrogen-bond acceptors (Lipinski definition) is 4. The number of fused-ring (bicyclic) bond motifs is 1. The first-order valence-corrected chi connectivity index (χ1v) is 8.18. The normalized spacial score (nSPS) is 27.8. The van der Waals surface area contributed by atoms with Gasteiger partial charge in [-0.3, -0.25) is 9.98 Å². The van der Waals surface area contributed by atoms with Crippen molar-refractivity contribution in [3.05, 3.63) is 53.6 Å². The van der Waals surface area contributed by atoms with Gasteiger partial charge in [0.05, 0.1) is 11.7 Å². The molecular formula is C16H18N4S. The second-order valence-corrected chi connectivity index (χ2v) is 7.14. The Morgan fingerprint density at radius 3 is 2.90 bits per heavy atom. The van der Waals surface area contributed by atoms with Crippen LogP contribution in [0.5, 0.6) is 0 Å². The van der Waals surface area contributed by atoms with Crippen molar-refractivity contribution in [2.45, 2.75) is 31.2 Å². The molecule has 0 amide bonds. The van der Waals surface area contributed by atoms with Gasteiger partial charge in [-0.15, -0.1) is 0 Å². The lowest BCUT2D eigenvalue weighted by molar-refractivity contribution is 0.316. The molecule has 0 aliphatic carbocycles. The van der Waals surface area contributed by atoms with Gasteiger partial charge in [-0.2, -0.15) is 0 Å². The Morgan fingerprint density at radius 1 is 1.29 bits per heavy atom. The van der Waals surface area contributed by atoms with Crippen LogP contribution in [-0.2, 0) is 0 Å². The number of nitrogens with one attached hydrogen (secondary N) is 1. The smallest absolute Gasteiger partial charge is 0.160 e. The molecule has 3 atom stereocenters. The molecule has 108 valence electrons. The highest BCUT2D eigenvalue weighted by molar-refractivity contribution is 8.14. The monoisotopic (exact) mass is 298 g/mol. The number of amidine groups is 1. The molecule has 1 N–H and O–H groups in total. The molecular weight excluding hydrogens is 280 g/mol. The van der Waals surface area contributed by atoms with Gasteiger partial charge in [0.25, 0.3) is 0 Å². The molecule has 5 heteroatoms. The molecule has 0 unspecified atom stereocenters. The lowest BCUT2D eigenvalue weighted by atomic mass is 10.0. The van der Waals surface area contributed by atoms with Gasteiger partial charge in [-0.05, 0) is 31.2 Å². The molecule has 2 aliphatic heterocycles. The van der Waals surface area contributed by atoms with Crippen LogP contribution in [0.4, 0.5) is 0 Å². The largest absolute Gasteiger partial charge is 0.361 e. The number of nitrogens with zero attached hydrogens (tertiary/aromatic N) is 3. The molecule has 0 aromatic carbocycles. The molecule has 21 heavy (non-hydrogen) atoms. The van der Waals surface area contributed by atoms with Crippen LogP contribution in [0.25, 0.3) is 0 Å². The molecule has 1 saturated heterocycles. The predicted molar refractivity (Wildman–Crippen MR) is 86.4 cm³/mol. The summed E-state index contributed by atoms with van der Waals surface area (Å²) in [6.07, 6.45) is 1.85. The summed E-state index contributed by atoms with van der Waals surface area (Å²) in [5, 5.41) is 1.77. The third kappa shape index (κ3) is 2.16. The Morgan fingerprint density at radius 2 is 2.19 bits per heavy atom. The van der Waals surface area contributed by atoms with E-state index in [1.807, 2.05) is 30.1 Å². The van der Waals surface area contributed by atoms with Crippen molar-refractivity contribution >= 4 is 16.9 Å². The standard InChI is InChI=1S/C16H18N4S/c1-10-6-7-13(18-10)15-14(12-5-3-4-8-17-12)19-16-20(15)9-11(2)21-16/h3-8,11,14-15,18H,9H2,1-2H3/t11-,14+,15+/m0/s1. The van der Waals surface area contributed by atoms with Crippen molar-refractivity contribution in [1.82, 2.24) is 14.9 Å². The second-order valence-electron chi connectivity index (χ2n) is 5.73. The minimum Gasteiger partial charge on any atom is -0.361 e. The molecule has 0 saturated carbocycles. The lowest BCUT2D eigenvalue weighted by Crippen LogP contribution is -2.28. The van der Waals surface area contributed by atoms with Crippen LogP contribution in [0.2, 0.25) is 0 Å².